The van der Waals surface area contributed by atoms with E-state index in [1.165, 1.54) is 0 Å². The molecular weight excluding hydrogens is 402 g/mol. The van der Waals surface area contributed by atoms with Crippen molar-refractivity contribution < 1.29 is 4.79 Å². The molecule has 0 spiro atoms. The van der Waals surface area contributed by atoms with Crippen LogP contribution in [0.4, 0.5) is 0 Å². The van der Waals surface area contributed by atoms with Gasteiger partial charge in [-0.05, 0) is 67.6 Å². The number of hydrogen-bond donors (Lipinski definition) is 0. The first-order valence-electron chi connectivity index (χ1n) is 10.9. The molecule has 0 N–H and O–H groups in total. The fourth-order valence-electron chi connectivity index (χ4n) is 4.38. The van der Waals surface area contributed by atoms with Gasteiger partial charge in [0, 0.05) is 18.7 Å². The van der Waals surface area contributed by atoms with E-state index < -0.39 is 0 Å². The minimum absolute atomic E-state index is 0.0769. The van der Waals surface area contributed by atoms with E-state index in [1.807, 2.05) is 55.1 Å². The van der Waals surface area contributed by atoms with Crippen molar-refractivity contribution in [2.75, 3.05) is 13.1 Å². The third-order valence-corrected chi connectivity index (χ3v) is 5.95. The van der Waals surface area contributed by atoms with Gasteiger partial charge >= 0.3 is 0 Å². The van der Waals surface area contributed by atoms with E-state index in [9.17, 15) is 9.59 Å². The van der Waals surface area contributed by atoms with Gasteiger partial charge in [-0.3, -0.25) is 14.2 Å². The maximum absolute atomic E-state index is 13.1. The number of aryl methyl sites for hydroxylation is 2. The van der Waals surface area contributed by atoms with Crippen molar-refractivity contribution >= 4 is 16.9 Å². The fraction of sp³-hybridized carbons (Fsp3) is 0.280. The Morgan fingerprint density at radius 2 is 1.69 bits per heavy atom. The Morgan fingerprint density at radius 3 is 2.38 bits per heavy atom. The van der Waals surface area contributed by atoms with E-state index in [2.05, 4.69) is 16.1 Å². The van der Waals surface area contributed by atoms with Crippen LogP contribution in [0.1, 0.15) is 39.9 Å². The first-order valence-corrected chi connectivity index (χ1v) is 10.9. The number of amides is 1. The topological polar surface area (TPSA) is 73.0 Å². The predicted octanol–water partition coefficient (Wildman–Crippen LogP) is 3.48. The predicted molar refractivity (Wildman–Crippen MR) is 123 cm³/mol. The van der Waals surface area contributed by atoms with Gasteiger partial charge in [-0.25, -0.2) is 9.67 Å². The highest BCUT2D eigenvalue weighted by molar-refractivity contribution is 5.94. The summed E-state index contributed by atoms with van der Waals surface area (Å²) in [5.41, 5.74) is 5.18. The van der Waals surface area contributed by atoms with Crippen LogP contribution >= 0.6 is 0 Å². The summed E-state index contributed by atoms with van der Waals surface area (Å²) in [5, 5.41) is 4.90. The number of nitrogens with zero attached hydrogens (tertiary/aromatic N) is 5. The number of rotatable bonds is 4. The zero-order valence-corrected chi connectivity index (χ0v) is 18.3. The van der Waals surface area contributed by atoms with Crippen molar-refractivity contribution in [2.45, 2.75) is 33.2 Å². The highest BCUT2D eigenvalue weighted by Crippen LogP contribution is 2.18. The number of hydrogen-bond acceptors (Lipinski definition) is 4. The number of benzene rings is 2. The Labute approximate surface area is 185 Å². The summed E-state index contributed by atoms with van der Waals surface area (Å²) in [6.45, 7) is 6.11. The van der Waals surface area contributed by atoms with Crippen molar-refractivity contribution in [3.63, 3.8) is 0 Å². The minimum atomic E-state index is -0.136. The summed E-state index contributed by atoms with van der Waals surface area (Å²) >= 11 is 0. The molecule has 0 aliphatic carbocycles. The summed E-state index contributed by atoms with van der Waals surface area (Å²) in [4.78, 5) is 32.0. The number of fused-ring (bicyclic) bond motifs is 1. The van der Waals surface area contributed by atoms with Gasteiger partial charge in [-0.15, -0.1) is 0 Å². The molecule has 0 saturated carbocycles. The fourth-order valence-corrected chi connectivity index (χ4v) is 4.38. The lowest BCUT2D eigenvalue weighted by atomic mass is 10.1. The number of carbonyl (C=O) groups excluding carboxylic acids is 1. The summed E-state index contributed by atoms with van der Waals surface area (Å²) in [5.74, 6) is 0.0769. The van der Waals surface area contributed by atoms with Crippen molar-refractivity contribution in [1.29, 1.82) is 0 Å². The maximum atomic E-state index is 13.1. The second-order valence-corrected chi connectivity index (χ2v) is 8.51. The minimum Gasteiger partial charge on any atom is -0.339 e. The molecule has 4 aromatic rings. The van der Waals surface area contributed by atoms with Gasteiger partial charge in [0.15, 0.2) is 5.65 Å². The van der Waals surface area contributed by atoms with Crippen LogP contribution in [0.2, 0.25) is 0 Å². The number of aromatic nitrogens is 4. The molecule has 1 aliphatic heterocycles. The van der Waals surface area contributed by atoms with Crippen LogP contribution in [-0.2, 0) is 6.54 Å². The summed E-state index contributed by atoms with van der Waals surface area (Å²) < 4.78 is 3.28. The molecule has 2 aromatic heterocycles. The largest absolute Gasteiger partial charge is 0.339 e. The lowest BCUT2D eigenvalue weighted by Crippen LogP contribution is -2.27. The highest BCUT2D eigenvalue weighted by atomic mass is 16.2. The van der Waals surface area contributed by atoms with Crippen LogP contribution < -0.4 is 5.56 Å². The smallest absolute Gasteiger partial charge is 0.264 e. The van der Waals surface area contributed by atoms with Gasteiger partial charge in [0.25, 0.3) is 11.5 Å². The van der Waals surface area contributed by atoms with Gasteiger partial charge in [0.1, 0.15) is 11.7 Å². The van der Waals surface area contributed by atoms with Crippen molar-refractivity contribution in [2.24, 2.45) is 0 Å². The molecule has 32 heavy (non-hydrogen) atoms. The van der Waals surface area contributed by atoms with E-state index in [-0.39, 0.29) is 11.5 Å². The molecule has 162 valence electrons. The average molecular weight is 428 g/mol. The van der Waals surface area contributed by atoms with Crippen LogP contribution in [0, 0.1) is 13.8 Å². The molecule has 0 atom stereocenters. The first kappa shape index (κ1) is 20.2. The highest BCUT2D eigenvalue weighted by Gasteiger charge is 2.19. The molecule has 0 radical (unpaired) electrons. The summed E-state index contributed by atoms with van der Waals surface area (Å²) in [7, 11) is 0. The SMILES string of the molecule is Cc1cc(C)cc(-n2ncc3c(=O)n(Cc4ccc(C(=O)N5CCCC5)cc4)cnc32)c1. The zero-order chi connectivity index (χ0) is 22.2. The Balaban J connectivity index is 1.41. The number of carbonyl (C=O) groups is 1. The molecule has 3 heterocycles. The van der Waals surface area contributed by atoms with Crippen molar-refractivity contribution in [3.05, 3.63) is 87.6 Å². The van der Waals surface area contributed by atoms with Crippen LogP contribution in [0.25, 0.3) is 16.7 Å². The van der Waals surface area contributed by atoms with Crippen LogP contribution in [0.5, 0.6) is 0 Å². The zero-order valence-electron chi connectivity index (χ0n) is 18.3. The van der Waals surface area contributed by atoms with E-state index in [0.717, 1.165) is 48.3 Å². The quantitative estimate of drug-likeness (QED) is 0.500. The van der Waals surface area contributed by atoms with Gasteiger partial charge < -0.3 is 4.90 Å². The Hall–Kier alpha value is -3.74. The van der Waals surface area contributed by atoms with Crippen LogP contribution in [0.3, 0.4) is 0 Å². The molecule has 7 nitrogen and oxygen atoms in total. The van der Waals surface area contributed by atoms with E-state index in [0.29, 0.717) is 23.1 Å². The Kier molecular flexibility index (Phi) is 5.09. The summed E-state index contributed by atoms with van der Waals surface area (Å²) in [6.07, 6.45) is 5.29. The molecule has 7 heteroatoms. The second-order valence-electron chi connectivity index (χ2n) is 8.51. The van der Waals surface area contributed by atoms with Gasteiger partial charge in [0.05, 0.1) is 18.4 Å². The Morgan fingerprint density at radius 1 is 1.00 bits per heavy atom. The van der Waals surface area contributed by atoms with Gasteiger partial charge in [-0.1, -0.05) is 18.2 Å². The van der Waals surface area contributed by atoms with Crippen LogP contribution in [0.15, 0.2) is 59.8 Å². The number of likely N-dealkylation sites (tertiary alicyclic amines) is 1. The molecular formula is C25H25N5O2. The molecule has 2 aromatic carbocycles. The molecule has 0 bridgehead atoms. The van der Waals surface area contributed by atoms with Crippen molar-refractivity contribution in [1.82, 2.24) is 24.2 Å². The molecule has 1 saturated heterocycles. The summed E-state index contributed by atoms with van der Waals surface area (Å²) in [6, 6.07) is 13.6. The molecule has 1 fully saturated rings. The van der Waals surface area contributed by atoms with Gasteiger partial charge in [-0.2, -0.15) is 5.10 Å². The third kappa shape index (κ3) is 3.70. The second kappa shape index (κ2) is 8.07. The van der Waals surface area contributed by atoms with E-state index in [4.69, 9.17) is 0 Å². The monoisotopic (exact) mass is 427 g/mol. The average Bonchev–Trinajstić information content (AvgIpc) is 3.45. The van der Waals surface area contributed by atoms with Crippen molar-refractivity contribution in [3.8, 4) is 5.69 Å². The molecule has 1 amide bonds. The molecule has 5 rings (SSSR count). The van der Waals surface area contributed by atoms with E-state index >= 15 is 0 Å². The van der Waals surface area contributed by atoms with Gasteiger partial charge in [0.2, 0.25) is 0 Å². The van der Waals surface area contributed by atoms with E-state index in [1.54, 1.807) is 21.8 Å². The standard InChI is InChI=1S/C25H25N5O2/c1-17-11-18(2)13-21(12-17)30-23-22(14-27-30)25(32)29(16-26-23)15-19-5-7-20(8-6-19)24(31)28-9-3-4-10-28/h5-8,11-14,16H,3-4,9-10,15H2,1-2H3. The van der Waals surface area contributed by atoms with Crippen LogP contribution in [-0.4, -0.2) is 43.2 Å². The maximum Gasteiger partial charge on any atom is 0.264 e. The molecule has 1 aliphatic rings. The first-order chi connectivity index (χ1) is 15.5. The molecule has 0 unspecified atom stereocenters. The Bertz CT molecular complexity index is 1340. The lowest BCUT2D eigenvalue weighted by Gasteiger charge is -2.15. The normalized spacial score (nSPS) is 13.8. The lowest BCUT2D eigenvalue weighted by molar-refractivity contribution is 0.0793. The third-order valence-electron chi connectivity index (χ3n) is 5.95.